The average Bonchev–Trinajstić information content (AvgIpc) is 2.49. The first-order valence-electron chi connectivity index (χ1n) is 7.21. The maximum absolute atomic E-state index is 12.1. The molecular weight excluding hydrogens is 306 g/mol. The zero-order valence-electron chi connectivity index (χ0n) is 12.4. The van der Waals surface area contributed by atoms with Crippen LogP contribution < -0.4 is 10.6 Å². The number of piperazine rings is 1. The van der Waals surface area contributed by atoms with E-state index in [4.69, 9.17) is 11.6 Å². The highest BCUT2D eigenvalue weighted by molar-refractivity contribution is 6.31. The molecule has 6 nitrogen and oxygen atoms in total. The fraction of sp³-hybridized carbons (Fsp3) is 0.467. The second-order valence-corrected chi connectivity index (χ2v) is 5.76. The van der Waals surface area contributed by atoms with Gasteiger partial charge in [-0.15, -0.1) is 0 Å². The standard InChI is InChI=1S/C15H20ClN3O3/c1-10-2-3-11(8-12(10)16)18-14(20)9-13(15(21)22)19-6-4-17-5-7-19/h2-3,8,13,17H,4-7,9H2,1H3,(H,18,20)(H,21,22)/t13-/m0/s1. The van der Waals surface area contributed by atoms with E-state index in [0.29, 0.717) is 23.8 Å². The molecule has 1 fully saturated rings. The quantitative estimate of drug-likeness (QED) is 0.761. The number of hydrogen-bond donors (Lipinski definition) is 3. The van der Waals surface area contributed by atoms with E-state index in [1.807, 2.05) is 17.9 Å². The van der Waals surface area contributed by atoms with E-state index in [2.05, 4.69) is 10.6 Å². The number of anilines is 1. The molecule has 1 amide bonds. The third kappa shape index (κ3) is 4.43. The van der Waals surface area contributed by atoms with E-state index in [0.717, 1.165) is 18.7 Å². The molecule has 22 heavy (non-hydrogen) atoms. The van der Waals surface area contributed by atoms with Crippen LogP contribution in [0.4, 0.5) is 5.69 Å². The van der Waals surface area contributed by atoms with Crippen LogP contribution in [-0.2, 0) is 9.59 Å². The van der Waals surface area contributed by atoms with E-state index in [1.54, 1.807) is 12.1 Å². The summed E-state index contributed by atoms with van der Waals surface area (Å²) >= 11 is 6.01. The van der Waals surface area contributed by atoms with Crippen molar-refractivity contribution in [2.45, 2.75) is 19.4 Å². The third-order valence-corrected chi connectivity index (χ3v) is 4.12. The molecule has 0 bridgehead atoms. The number of halogens is 1. The monoisotopic (exact) mass is 325 g/mol. The topological polar surface area (TPSA) is 81.7 Å². The molecule has 1 aromatic carbocycles. The van der Waals surface area contributed by atoms with Crippen LogP contribution in [0.1, 0.15) is 12.0 Å². The van der Waals surface area contributed by atoms with E-state index in [-0.39, 0.29) is 12.3 Å². The van der Waals surface area contributed by atoms with Crippen molar-refractivity contribution < 1.29 is 14.7 Å². The van der Waals surface area contributed by atoms with E-state index >= 15 is 0 Å². The molecule has 0 aromatic heterocycles. The Labute approximate surface area is 134 Å². The second-order valence-electron chi connectivity index (χ2n) is 5.36. The third-order valence-electron chi connectivity index (χ3n) is 3.71. The van der Waals surface area contributed by atoms with Gasteiger partial charge in [-0.2, -0.15) is 0 Å². The smallest absolute Gasteiger partial charge is 0.321 e. The molecule has 0 aliphatic carbocycles. The zero-order valence-corrected chi connectivity index (χ0v) is 13.2. The summed E-state index contributed by atoms with van der Waals surface area (Å²) in [6.45, 7) is 4.60. The van der Waals surface area contributed by atoms with Crippen LogP contribution in [-0.4, -0.2) is 54.1 Å². The number of hydrogen-bond acceptors (Lipinski definition) is 4. The van der Waals surface area contributed by atoms with Crippen LogP contribution in [0.2, 0.25) is 5.02 Å². The molecule has 120 valence electrons. The largest absolute Gasteiger partial charge is 0.480 e. The lowest BCUT2D eigenvalue weighted by Crippen LogP contribution is -2.52. The number of amides is 1. The molecule has 1 atom stereocenters. The summed E-state index contributed by atoms with van der Waals surface area (Å²) in [5.41, 5.74) is 1.49. The number of carbonyl (C=O) groups excluding carboxylic acids is 1. The minimum Gasteiger partial charge on any atom is -0.480 e. The molecule has 1 aliphatic rings. The molecule has 0 radical (unpaired) electrons. The van der Waals surface area contributed by atoms with Gasteiger partial charge in [0.1, 0.15) is 6.04 Å². The Morgan fingerprint density at radius 2 is 2.09 bits per heavy atom. The summed E-state index contributed by atoms with van der Waals surface area (Å²) in [5.74, 6) is -1.30. The van der Waals surface area contributed by atoms with Crippen LogP contribution in [0.3, 0.4) is 0 Å². The zero-order chi connectivity index (χ0) is 16.1. The molecule has 3 N–H and O–H groups in total. The maximum Gasteiger partial charge on any atom is 0.321 e. The van der Waals surface area contributed by atoms with Crippen LogP contribution in [0, 0.1) is 6.92 Å². The fourth-order valence-corrected chi connectivity index (χ4v) is 2.61. The van der Waals surface area contributed by atoms with Crippen molar-refractivity contribution in [2.75, 3.05) is 31.5 Å². The number of nitrogens with zero attached hydrogens (tertiary/aromatic N) is 1. The van der Waals surface area contributed by atoms with Crippen molar-refractivity contribution in [1.29, 1.82) is 0 Å². The number of nitrogens with one attached hydrogen (secondary N) is 2. The molecule has 1 saturated heterocycles. The van der Waals surface area contributed by atoms with Gasteiger partial charge < -0.3 is 15.7 Å². The molecule has 1 aromatic rings. The highest BCUT2D eigenvalue weighted by Crippen LogP contribution is 2.20. The summed E-state index contributed by atoms with van der Waals surface area (Å²) in [7, 11) is 0. The minimum absolute atomic E-state index is 0.0825. The van der Waals surface area contributed by atoms with Gasteiger partial charge in [0.2, 0.25) is 5.91 Å². The van der Waals surface area contributed by atoms with Crippen molar-refractivity contribution >= 4 is 29.2 Å². The van der Waals surface area contributed by atoms with Crippen molar-refractivity contribution in [3.05, 3.63) is 28.8 Å². The van der Waals surface area contributed by atoms with Gasteiger partial charge in [-0.25, -0.2) is 0 Å². The SMILES string of the molecule is Cc1ccc(NC(=O)C[C@@H](C(=O)O)N2CCNCC2)cc1Cl. The van der Waals surface area contributed by atoms with E-state index < -0.39 is 12.0 Å². The Bertz CT molecular complexity index is 559. The first-order chi connectivity index (χ1) is 10.5. The van der Waals surface area contributed by atoms with Crippen molar-refractivity contribution in [3.8, 4) is 0 Å². The van der Waals surface area contributed by atoms with Gasteiger partial charge in [-0.1, -0.05) is 17.7 Å². The van der Waals surface area contributed by atoms with Gasteiger partial charge in [0, 0.05) is 36.9 Å². The van der Waals surface area contributed by atoms with Gasteiger partial charge in [-0.3, -0.25) is 14.5 Å². The first-order valence-corrected chi connectivity index (χ1v) is 7.59. The fourth-order valence-electron chi connectivity index (χ4n) is 2.42. The number of aryl methyl sites for hydroxylation is 1. The maximum atomic E-state index is 12.1. The molecule has 0 saturated carbocycles. The highest BCUT2D eigenvalue weighted by atomic mass is 35.5. The Kier molecular flexibility index (Phi) is 5.76. The second kappa shape index (κ2) is 7.58. The van der Waals surface area contributed by atoms with Gasteiger partial charge in [0.05, 0.1) is 6.42 Å². The van der Waals surface area contributed by atoms with Gasteiger partial charge >= 0.3 is 5.97 Å². The molecule has 1 aliphatic heterocycles. The molecule has 2 rings (SSSR count). The number of carboxylic acids is 1. The van der Waals surface area contributed by atoms with Crippen molar-refractivity contribution in [3.63, 3.8) is 0 Å². The molecule has 1 heterocycles. The van der Waals surface area contributed by atoms with Gasteiger partial charge in [0.25, 0.3) is 0 Å². The first kappa shape index (κ1) is 16.7. The van der Waals surface area contributed by atoms with Crippen LogP contribution >= 0.6 is 11.6 Å². The van der Waals surface area contributed by atoms with Crippen LogP contribution in [0.5, 0.6) is 0 Å². The lowest BCUT2D eigenvalue weighted by Gasteiger charge is -2.32. The number of rotatable bonds is 5. The van der Waals surface area contributed by atoms with Gasteiger partial charge in [0.15, 0.2) is 0 Å². The number of aliphatic carboxylic acids is 1. The highest BCUT2D eigenvalue weighted by Gasteiger charge is 2.29. The Balaban J connectivity index is 1.98. The van der Waals surface area contributed by atoms with Crippen molar-refractivity contribution in [2.24, 2.45) is 0 Å². The van der Waals surface area contributed by atoms with Crippen LogP contribution in [0.25, 0.3) is 0 Å². The Morgan fingerprint density at radius 3 is 2.68 bits per heavy atom. The van der Waals surface area contributed by atoms with E-state index in [9.17, 15) is 14.7 Å². The van der Waals surface area contributed by atoms with Crippen LogP contribution in [0.15, 0.2) is 18.2 Å². The Hall–Kier alpha value is -1.63. The minimum atomic E-state index is -0.973. The Morgan fingerprint density at radius 1 is 1.41 bits per heavy atom. The number of benzene rings is 1. The van der Waals surface area contributed by atoms with Crippen molar-refractivity contribution in [1.82, 2.24) is 10.2 Å². The average molecular weight is 326 g/mol. The lowest BCUT2D eigenvalue weighted by molar-refractivity contribution is -0.145. The van der Waals surface area contributed by atoms with E-state index in [1.165, 1.54) is 0 Å². The summed E-state index contributed by atoms with van der Waals surface area (Å²) in [5, 5.41) is 15.8. The molecule has 0 spiro atoms. The normalized spacial score (nSPS) is 17.0. The lowest BCUT2D eigenvalue weighted by atomic mass is 10.1. The predicted octanol–water partition coefficient (Wildman–Crippen LogP) is 1.34. The van der Waals surface area contributed by atoms with Gasteiger partial charge in [-0.05, 0) is 24.6 Å². The molecule has 0 unspecified atom stereocenters. The number of carboxylic acid groups (broad SMARTS) is 1. The summed E-state index contributed by atoms with van der Waals surface area (Å²) < 4.78 is 0. The molecule has 7 heteroatoms. The summed E-state index contributed by atoms with van der Waals surface area (Å²) in [6.07, 6.45) is -0.0825. The number of carbonyl (C=O) groups is 2. The predicted molar refractivity (Wildman–Crippen MR) is 85.3 cm³/mol. The summed E-state index contributed by atoms with van der Waals surface area (Å²) in [4.78, 5) is 25.3. The molecular formula is C15H20ClN3O3. The summed E-state index contributed by atoms with van der Waals surface area (Å²) in [6, 6.07) is 4.42.